The second-order valence-corrected chi connectivity index (χ2v) is 6.68. The Bertz CT molecular complexity index is 448. The van der Waals surface area contributed by atoms with Crippen molar-refractivity contribution < 1.29 is 9.13 Å². The van der Waals surface area contributed by atoms with Gasteiger partial charge in [0.15, 0.2) is 11.6 Å². The molecule has 1 saturated carbocycles. The summed E-state index contributed by atoms with van der Waals surface area (Å²) >= 11 is 0. The first-order chi connectivity index (χ1) is 9.41. The molecule has 0 saturated heterocycles. The van der Waals surface area contributed by atoms with Crippen LogP contribution < -0.4 is 10.1 Å². The number of nitrogens with one attached hydrogen (secondary N) is 1. The summed E-state index contributed by atoms with van der Waals surface area (Å²) in [6.45, 7) is 6.59. The topological polar surface area (TPSA) is 21.3 Å². The smallest absolute Gasteiger partial charge is 0.165 e. The molecule has 0 heterocycles. The lowest BCUT2D eigenvalue weighted by Gasteiger charge is -2.34. The molecule has 0 aromatic heterocycles. The summed E-state index contributed by atoms with van der Waals surface area (Å²) in [7, 11) is 1.87. The first kappa shape index (κ1) is 15.3. The summed E-state index contributed by atoms with van der Waals surface area (Å²) in [6.07, 6.45) is 4.48. The Labute approximate surface area is 121 Å². The van der Waals surface area contributed by atoms with Crippen LogP contribution in [-0.2, 0) is 0 Å². The van der Waals surface area contributed by atoms with Gasteiger partial charge in [-0.1, -0.05) is 19.9 Å². The van der Waals surface area contributed by atoms with E-state index in [0.29, 0.717) is 11.2 Å². The zero-order valence-corrected chi connectivity index (χ0v) is 13.0. The van der Waals surface area contributed by atoms with E-state index in [-0.39, 0.29) is 18.0 Å². The first-order valence-corrected chi connectivity index (χ1v) is 7.55. The Hall–Kier alpha value is -1.09. The summed E-state index contributed by atoms with van der Waals surface area (Å²) in [5.74, 6) is 0.135. The Morgan fingerprint density at radius 3 is 2.50 bits per heavy atom. The summed E-state index contributed by atoms with van der Waals surface area (Å²) in [5.41, 5.74) is 1.35. The standard InChI is InChI=1S/C17H26FNO/c1-12(19-4)13-5-6-16(15(18)11-13)20-14-7-9-17(2,3)10-8-14/h5-6,11-12,14,19H,7-10H2,1-4H3. The van der Waals surface area contributed by atoms with Crippen molar-refractivity contribution in [1.82, 2.24) is 5.32 Å². The average molecular weight is 279 g/mol. The molecule has 0 radical (unpaired) electrons. The summed E-state index contributed by atoms with van der Waals surface area (Å²) in [4.78, 5) is 0. The molecule has 112 valence electrons. The van der Waals surface area contributed by atoms with Crippen molar-refractivity contribution >= 4 is 0 Å². The second kappa shape index (κ2) is 6.13. The Morgan fingerprint density at radius 2 is 1.95 bits per heavy atom. The van der Waals surface area contributed by atoms with Crippen LogP contribution in [0.15, 0.2) is 18.2 Å². The number of hydrogen-bond acceptors (Lipinski definition) is 2. The Balaban J connectivity index is 2.00. The maximum atomic E-state index is 14.1. The van der Waals surface area contributed by atoms with Crippen molar-refractivity contribution in [2.45, 2.75) is 58.6 Å². The van der Waals surface area contributed by atoms with Gasteiger partial charge in [-0.3, -0.25) is 0 Å². The molecule has 3 heteroatoms. The Kier molecular flexibility index (Phi) is 4.69. The fourth-order valence-corrected chi connectivity index (χ4v) is 2.72. The van der Waals surface area contributed by atoms with Gasteiger partial charge in [0.2, 0.25) is 0 Å². The number of halogens is 1. The van der Waals surface area contributed by atoms with Crippen LogP contribution in [-0.4, -0.2) is 13.2 Å². The van der Waals surface area contributed by atoms with E-state index in [0.717, 1.165) is 31.2 Å². The molecule has 1 aromatic rings. The van der Waals surface area contributed by atoms with E-state index in [9.17, 15) is 4.39 Å². The lowest BCUT2D eigenvalue weighted by atomic mass is 9.76. The highest BCUT2D eigenvalue weighted by molar-refractivity contribution is 5.31. The highest BCUT2D eigenvalue weighted by atomic mass is 19.1. The fraction of sp³-hybridized carbons (Fsp3) is 0.647. The molecule has 1 N–H and O–H groups in total. The van der Waals surface area contributed by atoms with Crippen molar-refractivity contribution in [3.63, 3.8) is 0 Å². The SMILES string of the molecule is CNC(C)c1ccc(OC2CCC(C)(C)CC2)c(F)c1. The fourth-order valence-electron chi connectivity index (χ4n) is 2.72. The molecule has 1 aromatic carbocycles. The van der Waals surface area contributed by atoms with Crippen molar-refractivity contribution in [3.8, 4) is 5.75 Å². The third-order valence-electron chi connectivity index (χ3n) is 4.47. The molecule has 0 aliphatic heterocycles. The summed E-state index contributed by atoms with van der Waals surface area (Å²) in [5, 5.41) is 3.11. The lowest BCUT2D eigenvalue weighted by Crippen LogP contribution is -2.28. The van der Waals surface area contributed by atoms with Crippen LogP contribution in [0, 0.1) is 11.2 Å². The van der Waals surface area contributed by atoms with E-state index in [4.69, 9.17) is 4.74 Å². The summed E-state index contributed by atoms with van der Waals surface area (Å²) in [6, 6.07) is 5.42. The van der Waals surface area contributed by atoms with Gasteiger partial charge in [0, 0.05) is 6.04 Å². The predicted octanol–water partition coefficient (Wildman–Crippen LogP) is 4.45. The third kappa shape index (κ3) is 3.72. The molecule has 1 aliphatic rings. The predicted molar refractivity (Wildman–Crippen MR) is 80.5 cm³/mol. The third-order valence-corrected chi connectivity index (χ3v) is 4.47. The van der Waals surface area contributed by atoms with Crippen LogP contribution in [0.3, 0.4) is 0 Å². The monoisotopic (exact) mass is 279 g/mol. The number of ether oxygens (including phenoxy) is 1. The van der Waals surface area contributed by atoms with Crippen molar-refractivity contribution in [3.05, 3.63) is 29.6 Å². The van der Waals surface area contributed by atoms with E-state index in [1.54, 1.807) is 12.1 Å². The van der Waals surface area contributed by atoms with Gasteiger partial charge in [0.1, 0.15) is 0 Å². The van der Waals surface area contributed by atoms with Crippen molar-refractivity contribution in [2.24, 2.45) is 5.41 Å². The van der Waals surface area contributed by atoms with Crippen LogP contribution in [0.5, 0.6) is 5.75 Å². The van der Waals surface area contributed by atoms with E-state index in [2.05, 4.69) is 19.2 Å². The molecule has 20 heavy (non-hydrogen) atoms. The zero-order chi connectivity index (χ0) is 14.8. The second-order valence-electron chi connectivity index (χ2n) is 6.68. The molecule has 1 aliphatic carbocycles. The largest absolute Gasteiger partial charge is 0.487 e. The normalized spacial score (nSPS) is 20.6. The van der Waals surface area contributed by atoms with Gasteiger partial charge in [-0.2, -0.15) is 0 Å². The maximum Gasteiger partial charge on any atom is 0.165 e. The molecule has 1 unspecified atom stereocenters. The van der Waals surface area contributed by atoms with Crippen LogP contribution >= 0.6 is 0 Å². The highest BCUT2D eigenvalue weighted by Crippen LogP contribution is 2.37. The number of hydrogen-bond donors (Lipinski definition) is 1. The molecular formula is C17H26FNO. The minimum Gasteiger partial charge on any atom is -0.487 e. The van der Waals surface area contributed by atoms with Crippen molar-refractivity contribution in [1.29, 1.82) is 0 Å². The van der Waals surface area contributed by atoms with Gasteiger partial charge >= 0.3 is 0 Å². The van der Waals surface area contributed by atoms with Crippen molar-refractivity contribution in [2.75, 3.05) is 7.05 Å². The molecule has 2 rings (SSSR count). The van der Waals surface area contributed by atoms with Gasteiger partial charge in [0.05, 0.1) is 6.10 Å². The van der Waals surface area contributed by atoms with Crippen LogP contribution in [0.4, 0.5) is 4.39 Å². The molecule has 0 spiro atoms. The molecule has 0 bridgehead atoms. The van der Waals surface area contributed by atoms with Crippen LogP contribution in [0.25, 0.3) is 0 Å². The van der Waals surface area contributed by atoms with Gasteiger partial charge in [-0.05, 0) is 62.8 Å². The lowest BCUT2D eigenvalue weighted by molar-refractivity contribution is 0.0952. The zero-order valence-electron chi connectivity index (χ0n) is 13.0. The van der Waals surface area contributed by atoms with Crippen LogP contribution in [0.1, 0.15) is 58.1 Å². The molecule has 1 fully saturated rings. The highest BCUT2D eigenvalue weighted by Gasteiger charge is 2.28. The Morgan fingerprint density at radius 1 is 1.30 bits per heavy atom. The van der Waals surface area contributed by atoms with E-state index in [1.165, 1.54) is 0 Å². The van der Waals surface area contributed by atoms with E-state index < -0.39 is 0 Å². The van der Waals surface area contributed by atoms with Gasteiger partial charge < -0.3 is 10.1 Å². The van der Waals surface area contributed by atoms with E-state index in [1.807, 2.05) is 20.0 Å². The minimum absolute atomic E-state index is 0.147. The molecule has 1 atom stereocenters. The number of benzene rings is 1. The minimum atomic E-state index is -0.255. The van der Waals surface area contributed by atoms with Gasteiger partial charge in [-0.25, -0.2) is 4.39 Å². The molecule has 0 amide bonds. The molecule has 2 nitrogen and oxygen atoms in total. The molecular weight excluding hydrogens is 253 g/mol. The van der Waals surface area contributed by atoms with Crippen LogP contribution in [0.2, 0.25) is 0 Å². The van der Waals surface area contributed by atoms with Gasteiger partial charge in [0.25, 0.3) is 0 Å². The van der Waals surface area contributed by atoms with E-state index >= 15 is 0 Å². The van der Waals surface area contributed by atoms with Gasteiger partial charge in [-0.15, -0.1) is 0 Å². The first-order valence-electron chi connectivity index (χ1n) is 7.55. The summed E-state index contributed by atoms with van der Waals surface area (Å²) < 4.78 is 20.0. The quantitative estimate of drug-likeness (QED) is 0.879. The number of rotatable bonds is 4. The maximum absolute atomic E-state index is 14.1. The average Bonchev–Trinajstić information content (AvgIpc) is 2.42.